The van der Waals surface area contributed by atoms with E-state index in [1.807, 2.05) is 24.4 Å². The molecule has 0 aliphatic heterocycles. The van der Waals surface area contributed by atoms with Crippen molar-refractivity contribution in [1.29, 1.82) is 5.26 Å². The molecular formula is C21H24N16S2Sn. The van der Waals surface area contributed by atoms with Gasteiger partial charge in [0.1, 0.15) is 0 Å². The summed E-state index contributed by atoms with van der Waals surface area (Å²) < 4.78 is 6.98. The van der Waals surface area contributed by atoms with Crippen LogP contribution in [0, 0.1) is 11.3 Å². The van der Waals surface area contributed by atoms with Crippen molar-refractivity contribution in [2.75, 3.05) is 5.75 Å². The number of aromatic amines is 1. The van der Waals surface area contributed by atoms with Crippen molar-refractivity contribution in [3.05, 3.63) is 77.7 Å². The Labute approximate surface area is 241 Å². The summed E-state index contributed by atoms with van der Waals surface area (Å²) in [6.45, 7) is 0. The Balaban J connectivity index is 0.000000182. The van der Waals surface area contributed by atoms with E-state index in [1.54, 1.807) is 52.5 Å². The minimum absolute atomic E-state index is 0.350. The minimum atomic E-state index is -2.07. The van der Waals surface area contributed by atoms with Crippen molar-refractivity contribution in [3.8, 4) is 17.7 Å². The predicted octanol–water partition coefficient (Wildman–Crippen LogP) is 3.88. The van der Waals surface area contributed by atoms with Gasteiger partial charge in [0.2, 0.25) is 0 Å². The summed E-state index contributed by atoms with van der Waals surface area (Å²) in [4.78, 5) is 25.8. The van der Waals surface area contributed by atoms with Gasteiger partial charge in [0.05, 0.1) is 17.6 Å². The average molecular weight is 683 g/mol. The summed E-state index contributed by atoms with van der Waals surface area (Å²) in [5.74, 6) is 2.97. The zero-order valence-electron chi connectivity index (χ0n) is 21.7. The Morgan fingerprint density at radius 2 is 1.57 bits per heavy atom. The number of nitriles is 1. The summed E-state index contributed by atoms with van der Waals surface area (Å²) in [5.41, 5.74) is 7.91. The van der Waals surface area contributed by atoms with Gasteiger partial charge in [-0.3, -0.25) is 0 Å². The number of nitrogens with zero attached hydrogens (tertiary/aromatic N) is 15. The van der Waals surface area contributed by atoms with E-state index in [1.165, 1.54) is 23.5 Å². The number of tetrazole rings is 1. The molecule has 19 heteroatoms. The molecule has 16 nitrogen and oxygen atoms in total. The second-order valence-electron chi connectivity index (χ2n) is 8.22. The Morgan fingerprint density at radius 3 is 2.00 bits per heavy atom. The summed E-state index contributed by atoms with van der Waals surface area (Å²) in [6.07, 6.45) is 10.4. The largest absolute Gasteiger partial charge is 0.231 e. The van der Waals surface area contributed by atoms with Crippen LogP contribution < -0.4 is 0 Å². The SMILES string of the molecule is N#CCSc1nccc(-n2cccn2)n1.[CH3][Sn]([CH3])([CH3])[N]=[N+]=[N-].c1cnn(-c2ccnc(SCc3nn[nH]n3)n2)c1. The van der Waals surface area contributed by atoms with Crippen molar-refractivity contribution < 1.29 is 0 Å². The molecule has 0 fully saturated rings. The molecule has 0 aliphatic carbocycles. The average Bonchev–Trinajstić information content (AvgIpc) is 3.75. The number of aromatic nitrogens is 12. The van der Waals surface area contributed by atoms with Gasteiger partial charge in [0.15, 0.2) is 27.8 Å². The van der Waals surface area contributed by atoms with Gasteiger partial charge in [0, 0.05) is 49.3 Å². The molecule has 0 bridgehead atoms. The zero-order chi connectivity index (χ0) is 28.6. The Morgan fingerprint density at radius 1 is 0.975 bits per heavy atom. The summed E-state index contributed by atoms with van der Waals surface area (Å²) in [7, 11) is 0. The number of nitrogens with one attached hydrogen (secondary N) is 1. The molecular weight excluding hydrogens is 659 g/mol. The maximum atomic E-state index is 8.44. The first-order chi connectivity index (χ1) is 19.4. The Bertz CT molecular complexity index is 1510. The van der Waals surface area contributed by atoms with Crippen molar-refractivity contribution in [2.24, 2.45) is 3.34 Å². The maximum absolute atomic E-state index is 8.44. The van der Waals surface area contributed by atoms with E-state index >= 15 is 0 Å². The molecule has 5 heterocycles. The molecule has 0 spiro atoms. The van der Waals surface area contributed by atoms with Crippen LogP contribution in [0.15, 0.2) is 75.1 Å². The number of H-pyrrole nitrogens is 1. The van der Waals surface area contributed by atoms with Crippen molar-refractivity contribution in [1.82, 2.24) is 60.1 Å². The third-order valence-corrected chi connectivity index (χ3v) is 7.60. The molecule has 0 saturated carbocycles. The van der Waals surface area contributed by atoms with E-state index in [0.29, 0.717) is 33.5 Å². The van der Waals surface area contributed by atoms with E-state index in [2.05, 4.69) is 73.8 Å². The summed E-state index contributed by atoms with van der Waals surface area (Å²) in [5, 5.41) is 31.5. The number of hydrogen-bond acceptors (Lipinski definition) is 13. The molecule has 40 heavy (non-hydrogen) atoms. The third kappa shape index (κ3) is 11.0. The quantitative estimate of drug-likeness (QED) is 0.0616. The molecule has 204 valence electrons. The van der Waals surface area contributed by atoms with Gasteiger partial charge in [-0.1, -0.05) is 28.7 Å². The second kappa shape index (κ2) is 16.1. The molecule has 5 aromatic rings. The molecule has 5 rings (SSSR count). The molecule has 5 aromatic heterocycles. The normalized spacial score (nSPS) is 10.2. The number of azide groups is 1. The molecule has 0 aliphatic rings. The number of rotatable bonds is 8. The van der Waals surface area contributed by atoms with Crippen LogP contribution in [-0.2, 0) is 5.75 Å². The Hall–Kier alpha value is -4.05. The van der Waals surface area contributed by atoms with E-state index in [9.17, 15) is 0 Å². The second-order valence-corrected chi connectivity index (χ2v) is 23.1. The van der Waals surface area contributed by atoms with Gasteiger partial charge in [-0.25, -0.2) is 29.3 Å². The van der Waals surface area contributed by atoms with Gasteiger partial charge in [-0.05, 0) is 12.1 Å². The van der Waals surface area contributed by atoms with Gasteiger partial charge in [-0.2, -0.15) is 20.7 Å². The van der Waals surface area contributed by atoms with Crippen LogP contribution in [0.5, 0.6) is 0 Å². The molecule has 0 aromatic carbocycles. The van der Waals surface area contributed by atoms with Gasteiger partial charge in [0.25, 0.3) is 0 Å². The number of hydrogen-bond donors (Lipinski definition) is 1. The van der Waals surface area contributed by atoms with Crippen LogP contribution in [0.4, 0.5) is 0 Å². The van der Waals surface area contributed by atoms with Crippen molar-refractivity contribution in [3.63, 3.8) is 0 Å². The van der Waals surface area contributed by atoms with Crippen LogP contribution in [0.25, 0.3) is 22.1 Å². The fourth-order valence-electron chi connectivity index (χ4n) is 2.47. The molecule has 0 unspecified atom stereocenters. The predicted molar refractivity (Wildman–Crippen MR) is 151 cm³/mol. The van der Waals surface area contributed by atoms with Crippen LogP contribution in [0.1, 0.15) is 5.82 Å². The standard InChI is InChI=1S/C9H8N8S.C9H7N5S.3CH3.N3.Sn/c1-3-11-17(5-1)8-2-4-10-9(12-8)18-6-7-13-15-16-14-7;10-3-7-15-9-11-5-2-8(13-9)14-6-1-4-12-14;;;;1-3-2;/h1-5H,6H2,(H,13,14,15,16);1-2,4-6H,7H2;3*1H3;;/q;;;;;-1;+1. The van der Waals surface area contributed by atoms with E-state index < -0.39 is 18.7 Å². The smallest absolute Gasteiger partial charge is 0.189 e. The third-order valence-electron chi connectivity index (χ3n) is 4.05. The zero-order valence-corrected chi connectivity index (χ0v) is 26.2. The Kier molecular flexibility index (Phi) is 12.3. The first kappa shape index (κ1) is 30.5. The van der Waals surface area contributed by atoms with Gasteiger partial charge in [-0.15, -0.1) is 10.2 Å². The molecule has 0 radical (unpaired) electrons. The number of thioether (sulfide) groups is 2. The minimum Gasteiger partial charge on any atom is -0.231 e. The van der Waals surface area contributed by atoms with E-state index in [4.69, 9.17) is 10.8 Å². The van der Waals surface area contributed by atoms with Crippen LogP contribution in [-0.4, -0.2) is 84.5 Å². The van der Waals surface area contributed by atoms with Crippen LogP contribution >= 0.6 is 23.5 Å². The van der Waals surface area contributed by atoms with Crippen molar-refractivity contribution in [2.45, 2.75) is 30.9 Å². The first-order valence-corrected chi connectivity index (χ1v) is 23.3. The first-order valence-electron chi connectivity index (χ1n) is 11.4. The monoisotopic (exact) mass is 684 g/mol. The van der Waals surface area contributed by atoms with Crippen LogP contribution in [0.3, 0.4) is 0 Å². The fourth-order valence-corrected chi connectivity index (χ4v) is 4.40. The topological polar surface area (TPSA) is 214 Å². The van der Waals surface area contributed by atoms with Gasteiger partial charge < -0.3 is 0 Å². The van der Waals surface area contributed by atoms with E-state index in [-0.39, 0.29) is 0 Å². The summed E-state index contributed by atoms with van der Waals surface area (Å²) in [6, 6.07) is 9.26. The van der Waals surface area contributed by atoms with E-state index in [0.717, 1.165) is 5.82 Å². The van der Waals surface area contributed by atoms with Gasteiger partial charge >= 0.3 is 47.2 Å². The summed E-state index contributed by atoms with van der Waals surface area (Å²) >= 11 is 0.682. The van der Waals surface area contributed by atoms with Crippen molar-refractivity contribution >= 4 is 42.2 Å². The molecule has 0 atom stereocenters. The fraction of sp³-hybridized carbons (Fsp3) is 0.238. The molecule has 0 saturated heterocycles. The maximum Gasteiger partial charge on any atom is 0.189 e. The molecule has 1 N–H and O–H groups in total. The van der Waals surface area contributed by atoms with Crippen LogP contribution in [0.2, 0.25) is 14.8 Å². The molecule has 0 amide bonds.